The molecule has 3 rings (SSSR count). The Kier molecular flexibility index (Phi) is 3.26. The third-order valence-corrected chi connectivity index (χ3v) is 3.91. The molecule has 2 nitrogen and oxygen atoms in total. The summed E-state index contributed by atoms with van der Waals surface area (Å²) < 4.78 is 5.43. The van der Waals surface area contributed by atoms with Gasteiger partial charge >= 0.3 is 0 Å². The van der Waals surface area contributed by atoms with E-state index in [2.05, 4.69) is 30.3 Å². The molecule has 0 bridgehead atoms. The molecule has 19 heavy (non-hydrogen) atoms. The first kappa shape index (κ1) is 12.2. The first-order chi connectivity index (χ1) is 9.29. The number of ether oxygens (including phenoxy) is 1. The average molecular weight is 254 g/mol. The molecule has 98 valence electrons. The van der Waals surface area contributed by atoms with Gasteiger partial charge < -0.3 is 9.84 Å². The number of benzene rings is 2. The molecule has 0 radical (unpaired) electrons. The maximum absolute atomic E-state index is 10.2. The maximum atomic E-state index is 10.2. The largest absolute Gasteiger partial charge is 0.496 e. The van der Waals surface area contributed by atoms with E-state index in [1.54, 1.807) is 7.11 Å². The topological polar surface area (TPSA) is 29.5 Å². The molecule has 0 spiro atoms. The highest BCUT2D eigenvalue weighted by Gasteiger charge is 2.28. The Morgan fingerprint density at radius 3 is 2.58 bits per heavy atom. The molecule has 0 fully saturated rings. The number of aliphatic hydroxyl groups is 1. The van der Waals surface area contributed by atoms with Gasteiger partial charge in [-0.05, 0) is 23.6 Å². The van der Waals surface area contributed by atoms with E-state index in [4.69, 9.17) is 4.74 Å². The minimum atomic E-state index is -0.297. The first-order valence-electron chi connectivity index (χ1n) is 6.68. The van der Waals surface area contributed by atoms with Gasteiger partial charge in [-0.2, -0.15) is 0 Å². The molecule has 0 amide bonds. The predicted octanol–water partition coefficient (Wildman–Crippen LogP) is 3.13. The Bertz CT molecular complexity index is 563. The van der Waals surface area contributed by atoms with Gasteiger partial charge in [-0.3, -0.25) is 0 Å². The number of hydrogen-bond donors (Lipinski definition) is 1. The Balaban J connectivity index is 2.10. The molecule has 0 unspecified atom stereocenters. The molecule has 0 aromatic heterocycles. The zero-order chi connectivity index (χ0) is 13.2. The highest BCUT2D eigenvalue weighted by atomic mass is 16.5. The van der Waals surface area contributed by atoms with Crippen LogP contribution in [0.2, 0.25) is 0 Å². The van der Waals surface area contributed by atoms with Gasteiger partial charge in [-0.25, -0.2) is 0 Å². The standard InChI is InChI=1S/C17H18O2/c1-19-17-9-5-8-14-15(10-13(18)11-16(14)17)12-6-3-2-4-7-12/h2-9,13,15,18H,10-11H2,1H3/t13-,15-/m0/s1. The number of aliphatic hydroxyl groups excluding tert-OH is 1. The summed E-state index contributed by atoms with van der Waals surface area (Å²) in [6.45, 7) is 0. The Morgan fingerprint density at radius 2 is 1.84 bits per heavy atom. The monoisotopic (exact) mass is 254 g/mol. The van der Waals surface area contributed by atoms with Crippen LogP contribution in [0.3, 0.4) is 0 Å². The molecule has 2 heteroatoms. The molecule has 1 N–H and O–H groups in total. The highest BCUT2D eigenvalue weighted by Crippen LogP contribution is 2.40. The summed E-state index contributed by atoms with van der Waals surface area (Å²) in [6.07, 6.45) is 1.17. The third kappa shape index (κ3) is 2.24. The van der Waals surface area contributed by atoms with Gasteiger partial charge in [0.25, 0.3) is 0 Å². The van der Waals surface area contributed by atoms with Crippen LogP contribution in [0.25, 0.3) is 0 Å². The van der Waals surface area contributed by atoms with Gasteiger partial charge in [0, 0.05) is 17.9 Å². The van der Waals surface area contributed by atoms with Crippen LogP contribution < -0.4 is 4.74 Å². The fourth-order valence-corrected chi connectivity index (χ4v) is 3.04. The van der Waals surface area contributed by atoms with E-state index in [9.17, 15) is 5.11 Å². The summed E-state index contributed by atoms with van der Waals surface area (Å²) in [7, 11) is 1.69. The smallest absolute Gasteiger partial charge is 0.122 e. The van der Waals surface area contributed by atoms with Crippen LogP contribution in [0.4, 0.5) is 0 Å². The van der Waals surface area contributed by atoms with E-state index in [0.29, 0.717) is 6.42 Å². The molecule has 0 heterocycles. The second-order valence-corrected chi connectivity index (χ2v) is 5.08. The fraction of sp³-hybridized carbons (Fsp3) is 0.294. The van der Waals surface area contributed by atoms with Gasteiger partial charge in [-0.1, -0.05) is 42.5 Å². The molecule has 2 aromatic rings. The van der Waals surface area contributed by atoms with E-state index in [-0.39, 0.29) is 12.0 Å². The molecule has 0 saturated carbocycles. The van der Waals surface area contributed by atoms with Crippen molar-refractivity contribution in [2.45, 2.75) is 24.9 Å². The lowest BCUT2D eigenvalue weighted by molar-refractivity contribution is 0.150. The number of rotatable bonds is 2. The molecule has 1 aliphatic carbocycles. The van der Waals surface area contributed by atoms with Crippen molar-refractivity contribution in [2.75, 3.05) is 7.11 Å². The van der Waals surface area contributed by atoms with Crippen molar-refractivity contribution in [1.82, 2.24) is 0 Å². The van der Waals surface area contributed by atoms with Crippen LogP contribution in [0, 0.1) is 0 Å². The summed E-state index contributed by atoms with van der Waals surface area (Å²) in [5.74, 6) is 1.15. The second kappa shape index (κ2) is 5.06. The highest BCUT2D eigenvalue weighted by molar-refractivity contribution is 5.47. The van der Waals surface area contributed by atoms with Gasteiger partial charge in [0.1, 0.15) is 5.75 Å². The van der Waals surface area contributed by atoms with Crippen molar-refractivity contribution in [3.8, 4) is 5.75 Å². The van der Waals surface area contributed by atoms with Crippen molar-refractivity contribution in [2.24, 2.45) is 0 Å². The van der Waals surface area contributed by atoms with E-state index in [1.807, 2.05) is 18.2 Å². The van der Waals surface area contributed by atoms with Crippen molar-refractivity contribution in [1.29, 1.82) is 0 Å². The molecule has 0 saturated heterocycles. The summed E-state index contributed by atoms with van der Waals surface area (Å²) >= 11 is 0. The Morgan fingerprint density at radius 1 is 1.05 bits per heavy atom. The minimum absolute atomic E-state index is 0.259. The van der Waals surface area contributed by atoms with Crippen LogP contribution in [0.1, 0.15) is 29.0 Å². The number of hydrogen-bond acceptors (Lipinski definition) is 2. The van der Waals surface area contributed by atoms with E-state index in [0.717, 1.165) is 17.7 Å². The van der Waals surface area contributed by atoms with E-state index in [1.165, 1.54) is 11.1 Å². The van der Waals surface area contributed by atoms with Gasteiger partial charge in [0.05, 0.1) is 13.2 Å². The lowest BCUT2D eigenvalue weighted by Crippen LogP contribution is -2.23. The van der Waals surface area contributed by atoms with E-state index < -0.39 is 0 Å². The summed E-state index contributed by atoms with van der Waals surface area (Å²) in [4.78, 5) is 0. The lowest BCUT2D eigenvalue weighted by atomic mass is 9.77. The summed E-state index contributed by atoms with van der Waals surface area (Å²) in [5.41, 5.74) is 3.70. The summed E-state index contributed by atoms with van der Waals surface area (Å²) in [6, 6.07) is 16.5. The number of fused-ring (bicyclic) bond motifs is 1. The third-order valence-electron chi connectivity index (χ3n) is 3.91. The Hall–Kier alpha value is -1.80. The van der Waals surface area contributed by atoms with Gasteiger partial charge in [-0.15, -0.1) is 0 Å². The van der Waals surface area contributed by atoms with Crippen molar-refractivity contribution in [3.05, 3.63) is 65.2 Å². The first-order valence-corrected chi connectivity index (χ1v) is 6.68. The van der Waals surface area contributed by atoms with E-state index >= 15 is 0 Å². The molecule has 0 aliphatic heterocycles. The predicted molar refractivity (Wildman–Crippen MR) is 75.6 cm³/mol. The van der Waals surface area contributed by atoms with Crippen LogP contribution in [0.15, 0.2) is 48.5 Å². The second-order valence-electron chi connectivity index (χ2n) is 5.08. The fourth-order valence-electron chi connectivity index (χ4n) is 3.04. The van der Waals surface area contributed by atoms with Crippen LogP contribution in [-0.4, -0.2) is 18.3 Å². The quantitative estimate of drug-likeness (QED) is 0.892. The van der Waals surface area contributed by atoms with Crippen molar-refractivity contribution < 1.29 is 9.84 Å². The lowest BCUT2D eigenvalue weighted by Gasteiger charge is -2.30. The SMILES string of the molecule is COc1cccc2c1C[C@@H](O)C[C@H]2c1ccccc1. The molecule has 2 atom stereocenters. The molecular weight excluding hydrogens is 236 g/mol. The number of methoxy groups -OCH3 is 1. The van der Waals surface area contributed by atoms with Crippen LogP contribution in [0.5, 0.6) is 5.75 Å². The normalized spacial score (nSPS) is 21.8. The van der Waals surface area contributed by atoms with Crippen LogP contribution in [-0.2, 0) is 6.42 Å². The Labute approximate surface area is 113 Å². The molecule has 2 aromatic carbocycles. The molecule has 1 aliphatic rings. The van der Waals surface area contributed by atoms with Crippen LogP contribution >= 0.6 is 0 Å². The van der Waals surface area contributed by atoms with Gasteiger partial charge in [0.15, 0.2) is 0 Å². The minimum Gasteiger partial charge on any atom is -0.496 e. The zero-order valence-corrected chi connectivity index (χ0v) is 11.0. The van der Waals surface area contributed by atoms with Crippen molar-refractivity contribution in [3.63, 3.8) is 0 Å². The van der Waals surface area contributed by atoms with Gasteiger partial charge in [0.2, 0.25) is 0 Å². The summed E-state index contributed by atoms with van der Waals surface area (Å²) in [5, 5.41) is 10.2. The zero-order valence-electron chi connectivity index (χ0n) is 11.0. The average Bonchev–Trinajstić information content (AvgIpc) is 2.46. The maximum Gasteiger partial charge on any atom is 0.122 e. The molecular formula is C17H18O2. The van der Waals surface area contributed by atoms with Crippen molar-refractivity contribution >= 4 is 0 Å².